The number of carbonyl (C=O) groups excluding carboxylic acids is 2. The van der Waals surface area contributed by atoms with E-state index in [1.807, 2.05) is 54.6 Å². The lowest BCUT2D eigenvalue weighted by Gasteiger charge is -2.15. The molecule has 1 atom stereocenters. The lowest BCUT2D eigenvalue weighted by Crippen LogP contribution is -2.22. The molecule has 0 saturated carbocycles. The number of unbranched alkanes of at least 4 members (excludes halogenated alkanes) is 2. The van der Waals surface area contributed by atoms with Gasteiger partial charge in [0, 0.05) is 30.1 Å². The second kappa shape index (κ2) is 10.3. The van der Waals surface area contributed by atoms with Gasteiger partial charge in [0.2, 0.25) is 5.91 Å². The fraction of sp³-hybridized carbons (Fsp3) is 0.240. The maximum Gasteiger partial charge on any atom is 0.225 e. The highest BCUT2D eigenvalue weighted by atomic mass is 16.1. The monoisotopic (exact) mass is 401 g/mol. The van der Waals surface area contributed by atoms with Crippen LogP contribution in [0.2, 0.25) is 0 Å². The number of primary amides is 1. The fourth-order valence-corrected chi connectivity index (χ4v) is 3.62. The number of anilines is 1. The van der Waals surface area contributed by atoms with Gasteiger partial charge in [-0.1, -0.05) is 61.4 Å². The van der Waals surface area contributed by atoms with E-state index in [2.05, 4.69) is 4.98 Å². The van der Waals surface area contributed by atoms with E-state index in [9.17, 15) is 9.59 Å². The molecule has 0 fully saturated rings. The van der Waals surface area contributed by atoms with Crippen molar-refractivity contribution in [2.45, 2.75) is 38.0 Å². The molecule has 4 N–H and O–H groups in total. The zero-order chi connectivity index (χ0) is 21.3. The van der Waals surface area contributed by atoms with Crippen LogP contribution >= 0.6 is 0 Å². The Morgan fingerprint density at radius 1 is 0.867 bits per heavy atom. The summed E-state index contributed by atoms with van der Waals surface area (Å²) in [5.74, 6) is -0.619. The molecule has 0 radical (unpaired) electrons. The number of nitrogen functional groups attached to an aromatic ring is 1. The molecule has 154 valence electrons. The van der Waals surface area contributed by atoms with Crippen molar-refractivity contribution >= 4 is 17.4 Å². The molecule has 0 bridgehead atoms. The normalized spacial score (nSPS) is 11.7. The van der Waals surface area contributed by atoms with E-state index in [0.29, 0.717) is 18.5 Å². The summed E-state index contributed by atoms with van der Waals surface area (Å²) in [5.41, 5.74) is 15.7. The lowest BCUT2D eigenvalue weighted by molar-refractivity contribution is -0.119. The van der Waals surface area contributed by atoms with E-state index in [1.165, 1.54) is 0 Å². The first-order valence-corrected chi connectivity index (χ1v) is 10.2. The highest BCUT2D eigenvalue weighted by molar-refractivity contribution is 5.96. The van der Waals surface area contributed by atoms with Crippen LogP contribution in [0.5, 0.6) is 0 Å². The van der Waals surface area contributed by atoms with Crippen LogP contribution in [0, 0.1) is 0 Å². The number of carbonyl (C=O) groups is 2. The van der Waals surface area contributed by atoms with Gasteiger partial charge in [0.25, 0.3) is 0 Å². The third kappa shape index (κ3) is 5.54. The fourth-order valence-electron chi connectivity index (χ4n) is 3.62. The molecule has 5 nitrogen and oxygen atoms in total. The highest BCUT2D eigenvalue weighted by Crippen LogP contribution is 2.27. The van der Waals surface area contributed by atoms with Gasteiger partial charge >= 0.3 is 0 Å². The van der Waals surface area contributed by atoms with Crippen molar-refractivity contribution in [1.29, 1.82) is 0 Å². The van der Waals surface area contributed by atoms with Crippen LogP contribution < -0.4 is 11.5 Å². The van der Waals surface area contributed by atoms with Crippen LogP contribution in [0.4, 0.5) is 5.69 Å². The number of ketones is 1. The molecule has 3 aromatic rings. The van der Waals surface area contributed by atoms with E-state index < -0.39 is 0 Å². The average Bonchev–Trinajstić information content (AvgIpc) is 2.77. The summed E-state index contributed by atoms with van der Waals surface area (Å²) >= 11 is 0. The SMILES string of the molecule is NC(=O)C(CCCCCC(=O)c1ccc(-c2cccnc2)cc1)c1ccccc1N. The van der Waals surface area contributed by atoms with Crippen molar-refractivity contribution in [1.82, 2.24) is 4.98 Å². The minimum atomic E-state index is -0.387. The summed E-state index contributed by atoms with van der Waals surface area (Å²) in [6.07, 6.45) is 7.11. The smallest absolute Gasteiger partial charge is 0.225 e. The Morgan fingerprint density at radius 3 is 2.30 bits per heavy atom. The second-order valence-electron chi connectivity index (χ2n) is 7.43. The second-order valence-corrected chi connectivity index (χ2v) is 7.43. The van der Waals surface area contributed by atoms with Gasteiger partial charge in [-0.25, -0.2) is 0 Å². The topological polar surface area (TPSA) is 99.1 Å². The largest absolute Gasteiger partial charge is 0.398 e. The number of nitrogens with zero attached hydrogens (tertiary/aromatic N) is 1. The average molecular weight is 402 g/mol. The Hall–Kier alpha value is -3.47. The molecular weight excluding hydrogens is 374 g/mol. The molecule has 5 heteroatoms. The van der Waals surface area contributed by atoms with E-state index in [4.69, 9.17) is 11.5 Å². The van der Waals surface area contributed by atoms with E-state index in [-0.39, 0.29) is 17.6 Å². The number of para-hydroxylation sites is 1. The van der Waals surface area contributed by atoms with Crippen molar-refractivity contribution in [3.05, 3.63) is 84.2 Å². The molecule has 0 aliphatic rings. The van der Waals surface area contributed by atoms with Crippen molar-refractivity contribution in [2.75, 3.05) is 5.73 Å². The summed E-state index contributed by atoms with van der Waals surface area (Å²) in [6.45, 7) is 0. The van der Waals surface area contributed by atoms with Gasteiger partial charge in [0.1, 0.15) is 0 Å². The van der Waals surface area contributed by atoms with E-state index >= 15 is 0 Å². The zero-order valence-corrected chi connectivity index (χ0v) is 17.0. The zero-order valence-electron chi connectivity index (χ0n) is 17.0. The van der Waals surface area contributed by atoms with Gasteiger partial charge < -0.3 is 11.5 Å². The van der Waals surface area contributed by atoms with Gasteiger partial charge in [-0.2, -0.15) is 0 Å². The predicted octanol–water partition coefficient (Wildman–Crippen LogP) is 4.73. The number of benzene rings is 2. The summed E-state index contributed by atoms with van der Waals surface area (Å²) in [4.78, 5) is 28.4. The van der Waals surface area contributed by atoms with Crippen LogP contribution in [0.1, 0.15) is 53.9 Å². The van der Waals surface area contributed by atoms with Gasteiger partial charge in [-0.3, -0.25) is 14.6 Å². The van der Waals surface area contributed by atoms with Crippen molar-refractivity contribution in [3.8, 4) is 11.1 Å². The highest BCUT2D eigenvalue weighted by Gasteiger charge is 2.19. The lowest BCUT2D eigenvalue weighted by atomic mass is 9.91. The predicted molar refractivity (Wildman–Crippen MR) is 120 cm³/mol. The first-order chi connectivity index (χ1) is 14.6. The van der Waals surface area contributed by atoms with Crippen LogP contribution in [0.3, 0.4) is 0 Å². The molecule has 1 heterocycles. The molecule has 30 heavy (non-hydrogen) atoms. The molecule has 1 amide bonds. The summed E-state index contributed by atoms with van der Waals surface area (Å²) in [7, 11) is 0. The first-order valence-electron chi connectivity index (χ1n) is 10.2. The molecule has 3 rings (SSSR count). The van der Waals surface area contributed by atoms with E-state index in [1.54, 1.807) is 18.5 Å². The quantitative estimate of drug-likeness (QED) is 0.291. The number of Topliss-reactive ketones (excluding diaryl/α,β-unsaturated/α-hetero) is 1. The summed E-state index contributed by atoms with van der Waals surface area (Å²) in [5, 5.41) is 0. The number of pyridine rings is 1. The molecule has 1 aromatic heterocycles. The van der Waals surface area contributed by atoms with Gasteiger partial charge in [0.15, 0.2) is 5.78 Å². The van der Waals surface area contributed by atoms with E-state index in [0.717, 1.165) is 41.5 Å². The number of aromatic nitrogens is 1. The van der Waals surface area contributed by atoms with Crippen LogP contribution in [-0.4, -0.2) is 16.7 Å². The molecule has 1 unspecified atom stereocenters. The Balaban J connectivity index is 1.46. The van der Waals surface area contributed by atoms with Crippen LogP contribution in [0.15, 0.2) is 73.1 Å². The van der Waals surface area contributed by atoms with Gasteiger partial charge in [-0.15, -0.1) is 0 Å². The number of amides is 1. The summed E-state index contributed by atoms with van der Waals surface area (Å²) in [6, 6.07) is 18.9. The van der Waals surface area contributed by atoms with Crippen molar-refractivity contribution in [2.24, 2.45) is 5.73 Å². The molecular formula is C25H27N3O2. The minimum absolute atomic E-state index is 0.131. The maximum atomic E-state index is 12.5. The molecule has 2 aromatic carbocycles. The molecule has 0 saturated heterocycles. The Labute approximate surface area is 177 Å². The Morgan fingerprint density at radius 2 is 1.63 bits per heavy atom. The first kappa shape index (κ1) is 21.2. The number of nitrogens with two attached hydrogens (primary N) is 2. The van der Waals surface area contributed by atoms with Crippen molar-refractivity contribution in [3.63, 3.8) is 0 Å². The standard InChI is InChI=1S/C25H27N3O2/c26-23-10-5-4-8-21(23)22(25(27)30)9-2-1-3-11-24(29)19-14-12-18(13-15-19)20-7-6-16-28-17-20/h4-8,10,12-17,22H,1-3,9,11,26H2,(H2,27,30). The van der Waals surface area contributed by atoms with Gasteiger partial charge in [-0.05, 0) is 41.7 Å². The number of rotatable bonds is 10. The molecule has 0 spiro atoms. The summed E-state index contributed by atoms with van der Waals surface area (Å²) < 4.78 is 0. The minimum Gasteiger partial charge on any atom is -0.398 e. The molecule has 0 aliphatic heterocycles. The third-order valence-electron chi connectivity index (χ3n) is 5.31. The van der Waals surface area contributed by atoms with Crippen molar-refractivity contribution < 1.29 is 9.59 Å². The Bertz CT molecular complexity index is 985. The van der Waals surface area contributed by atoms with Gasteiger partial charge in [0.05, 0.1) is 5.92 Å². The molecule has 0 aliphatic carbocycles. The van der Waals surface area contributed by atoms with Crippen LogP contribution in [-0.2, 0) is 4.79 Å². The maximum absolute atomic E-state index is 12.5. The van der Waals surface area contributed by atoms with Crippen LogP contribution in [0.25, 0.3) is 11.1 Å². The number of hydrogen-bond donors (Lipinski definition) is 2. The number of hydrogen-bond acceptors (Lipinski definition) is 4. The Kier molecular flexibility index (Phi) is 7.33. The third-order valence-corrected chi connectivity index (χ3v) is 5.31.